The van der Waals surface area contributed by atoms with Crippen LogP contribution in [-0.4, -0.2) is 9.78 Å². The first-order valence-electron chi connectivity index (χ1n) is 6.30. The van der Waals surface area contributed by atoms with E-state index in [2.05, 4.69) is 22.7 Å². The predicted molar refractivity (Wildman–Crippen MR) is 83.8 cm³/mol. The molecule has 1 aromatic carbocycles. The van der Waals surface area contributed by atoms with Crippen LogP contribution in [0.4, 0.5) is 0 Å². The quantitative estimate of drug-likeness (QED) is 0.575. The number of rotatable bonds is 4. The molecule has 6 heteroatoms. The summed E-state index contributed by atoms with van der Waals surface area (Å²) in [5, 5.41) is 8.47. The van der Waals surface area contributed by atoms with Gasteiger partial charge in [0.1, 0.15) is 0 Å². The lowest BCUT2D eigenvalue weighted by Gasteiger charge is -2.13. The molecule has 3 rings (SSSR count). The van der Waals surface area contributed by atoms with Crippen molar-refractivity contribution in [2.75, 3.05) is 0 Å². The monoisotopic (exact) mass is 306 g/mol. The molecule has 0 radical (unpaired) electrons. The number of hydrogen-bond donors (Lipinski definition) is 2. The second-order valence-corrected chi connectivity index (χ2v) is 6.00. The SMILES string of the molecule is Cn1nc(CC(NN)c2sccc2Cl)c2ccccc21. The number of halogens is 1. The molecule has 3 N–H and O–H groups in total. The van der Waals surface area contributed by atoms with Crippen molar-refractivity contribution in [2.45, 2.75) is 12.5 Å². The Labute approximate surface area is 126 Å². The van der Waals surface area contributed by atoms with Crippen molar-refractivity contribution in [3.8, 4) is 0 Å². The van der Waals surface area contributed by atoms with Crippen molar-refractivity contribution < 1.29 is 0 Å². The highest BCUT2D eigenvalue weighted by atomic mass is 35.5. The van der Waals surface area contributed by atoms with E-state index in [1.54, 1.807) is 11.3 Å². The largest absolute Gasteiger partial charge is 0.271 e. The summed E-state index contributed by atoms with van der Waals surface area (Å²) in [5.41, 5.74) is 4.99. The van der Waals surface area contributed by atoms with Crippen LogP contribution >= 0.6 is 22.9 Å². The maximum Gasteiger partial charge on any atom is 0.0723 e. The van der Waals surface area contributed by atoms with Gasteiger partial charge in [0.05, 0.1) is 22.3 Å². The van der Waals surface area contributed by atoms with Gasteiger partial charge in [-0.2, -0.15) is 5.10 Å². The third-order valence-electron chi connectivity index (χ3n) is 3.39. The molecule has 2 heterocycles. The van der Waals surface area contributed by atoms with Crippen molar-refractivity contribution in [2.24, 2.45) is 12.9 Å². The normalized spacial score (nSPS) is 12.9. The van der Waals surface area contributed by atoms with Gasteiger partial charge in [-0.05, 0) is 17.5 Å². The minimum Gasteiger partial charge on any atom is -0.271 e. The summed E-state index contributed by atoms with van der Waals surface area (Å²) >= 11 is 7.80. The number of benzene rings is 1. The number of nitrogens with one attached hydrogen (secondary N) is 1. The molecular weight excluding hydrogens is 292 g/mol. The molecule has 0 bridgehead atoms. The Kier molecular flexibility index (Phi) is 3.76. The molecule has 4 nitrogen and oxygen atoms in total. The zero-order chi connectivity index (χ0) is 14.1. The highest BCUT2D eigenvalue weighted by Crippen LogP contribution is 2.31. The number of para-hydroxylation sites is 1. The van der Waals surface area contributed by atoms with Crippen LogP contribution in [0.3, 0.4) is 0 Å². The molecule has 3 aromatic rings. The Morgan fingerprint density at radius 3 is 2.90 bits per heavy atom. The topological polar surface area (TPSA) is 55.9 Å². The van der Waals surface area contributed by atoms with Crippen LogP contribution in [0, 0.1) is 0 Å². The Balaban J connectivity index is 1.98. The lowest BCUT2D eigenvalue weighted by atomic mass is 10.1. The second-order valence-electron chi connectivity index (χ2n) is 4.64. The van der Waals surface area contributed by atoms with E-state index in [4.69, 9.17) is 17.4 Å². The van der Waals surface area contributed by atoms with Crippen LogP contribution in [-0.2, 0) is 13.5 Å². The summed E-state index contributed by atoms with van der Waals surface area (Å²) < 4.78 is 1.90. The molecule has 0 saturated carbocycles. The van der Waals surface area contributed by atoms with Crippen LogP contribution < -0.4 is 11.3 Å². The molecule has 104 valence electrons. The minimum absolute atomic E-state index is 0.0270. The maximum atomic E-state index is 6.19. The number of thiophene rings is 1. The molecule has 0 spiro atoms. The van der Waals surface area contributed by atoms with Gasteiger partial charge >= 0.3 is 0 Å². The van der Waals surface area contributed by atoms with Gasteiger partial charge in [-0.1, -0.05) is 29.8 Å². The van der Waals surface area contributed by atoms with Gasteiger partial charge in [0.2, 0.25) is 0 Å². The van der Waals surface area contributed by atoms with Crippen LogP contribution in [0.15, 0.2) is 35.7 Å². The zero-order valence-corrected chi connectivity index (χ0v) is 12.6. The number of hydrazine groups is 1. The van der Waals surface area contributed by atoms with Crippen molar-refractivity contribution in [3.63, 3.8) is 0 Å². The summed E-state index contributed by atoms with van der Waals surface area (Å²) in [5.74, 6) is 5.70. The summed E-state index contributed by atoms with van der Waals surface area (Å²) in [4.78, 5) is 1.05. The molecule has 0 amide bonds. The van der Waals surface area contributed by atoms with E-state index in [9.17, 15) is 0 Å². The van der Waals surface area contributed by atoms with E-state index >= 15 is 0 Å². The Morgan fingerprint density at radius 1 is 1.40 bits per heavy atom. The fraction of sp³-hybridized carbons (Fsp3) is 0.214. The fourth-order valence-corrected chi connectivity index (χ4v) is 3.66. The van der Waals surface area contributed by atoms with E-state index in [0.29, 0.717) is 6.42 Å². The first kappa shape index (κ1) is 13.6. The van der Waals surface area contributed by atoms with E-state index in [1.165, 1.54) is 0 Å². The molecule has 0 aliphatic heterocycles. The first-order valence-corrected chi connectivity index (χ1v) is 7.56. The molecule has 1 unspecified atom stereocenters. The van der Waals surface area contributed by atoms with Crippen molar-refractivity contribution in [1.29, 1.82) is 0 Å². The molecule has 0 aliphatic carbocycles. The zero-order valence-electron chi connectivity index (χ0n) is 11.0. The summed E-state index contributed by atoms with van der Waals surface area (Å²) in [6, 6.07) is 10.1. The fourth-order valence-electron chi connectivity index (χ4n) is 2.41. The van der Waals surface area contributed by atoms with Crippen LogP contribution in [0.1, 0.15) is 16.6 Å². The summed E-state index contributed by atoms with van der Waals surface area (Å²) in [6.45, 7) is 0. The van der Waals surface area contributed by atoms with Crippen LogP contribution in [0.25, 0.3) is 10.9 Å². The van der Waals surface area contributed by atoms with E-state index in [1.807, 2.05) is 35.3 Å². The lowest BCUT2D eigenvalue weighted by molar-refractivity contribution is 0.551. The number of aryl methyl sites for hydroxylation is 1. The minimum atomic E-state index is -0.0270. The van der Waals surface area contributed by atoms with Crippen molar-refractivity contribution in [1.82, 2.24) is 15.2 Å². The number of fused-ring (bicyclic) bond motifs is 1. The van der Waals surface area contributed by atoms with Gasteiger partial charge in [-0.15, -0.1) is 11.3 Å². The maximum absolute atomic E-state index is 6.19. The Hall–Kier alpha value is -1.40. The smallest absolute Gasteiger partial charge is 0.0723 e. The first-order chi connectivity index (χ1) is 9.70. The van der Waals surface area contributed by atoms with Crippen LogP contribution in [0.5, 0.6) is 0 Å². The average Bonchev–Trinajstić information content (AvgIpc) is 3.01. The average molecular weight is 307 g/mol. The molecule has 0 saturated heterocycles. The number of nitrogens with two attached hydrogens (primary N) is 1. The third-order valence-corrected chi connectivity index (χ3v) is 4.87. The molecule has 1 atom stereocenters. The second kappa shape index (κ2) is 5.54. The van der Waals surface area contributed by atoms with E-state index in [0.717, 1.165) is 26.5 Å². The van der Waals surface area contributed by atoms with E-state index in [-0.39, 0.29) is 6.04 Å². The van der Waals surface area contributed by atoms with Crippen molar-refractivity contribution in [3.05, 3.63) is 51.3 Å². The predicted octanol–water partition coefficient (Wildman–Crippen LogP) is 3.04. The number of hydrogen-bond acceptors (Lipinski definition) is 4. The van der Waals surface area contributed by atoms with Crippen LogP contribution in [0.2, 0.25) is 5.02 Å². The Bertz CT molecular complexity index is 734. The van der Waals surface area contributed by atoms with Gasteiger partial charge in [0, 0.05) is 23.7 Å². The third kappa shape index (κ3) is 2.33. The highest BCUT2D eigenvalue weighted by Gasteiger charge is 2.18. The summed E-state index contributed by atoms with van der Waals surface area (Å²) in [6.07, 6.45) is 0.706. The number of aromatic nitrogens is 2. The molecule has 20 heavy (non-hydrogen) atoms. The van der Waals surface area contributed by atoms with E-state index < -0.39 is 0 Å². The molecule has 0 aliphatic rings. The van der Waals surface area contributed by atoms with Gasteiger partial charge < -0.3 is 0 Å². The summed E-state index contributed by atoms with van der Waals surface area (Å²) in [7, 11) is 1.95. The van der Waals surface area contributed by atoms with Gasteiger partial charge in [-0.3, -0.25) is 16.0 Å². The number of nitrogens with zero attached hydrogens (tertiary/aromatic N) is 2. The van der Waals surface area contributed by atoms with Crippen molar-refractivity contribution >= 4 is 33.8 Å². The lowest BCUT2D eigenvalue weighted by Crippen LogP contribution is -2.29. The Morgan fingerprint density at radius 2 is 2.20 bits per heavy atom. The molecule has 0 fully saturated rings. The highest BCUT2D eigenvalue weighted by molar-refractivity contribution is 7.10. The molecule has 2 aromatic heterocycles. The standard InChI is InChI=1S/C14H15ClN4S/c1-19-13-5-3-2-4-9(13)11(18-19)8-12(17-16)14-10(15)6-7-20-14/h2-7,12,17H,8,16H2,1H3. The van der Waals surface area contributed by atoms with Gasteiger partial charge in [0.15, 0.2) is 0 Å². The van der Waals surface area contributed by atoms with Gasteiger partial charge in [-0.25, -0.2) is 0 Å². The van der Waals surface area contributed by atoms with Gasteiger partial charge in [0.25, 0.3) is 0 Å². The molecular formula is C14H15ClN4S.